The molecule has 24 heavy (non-hydrogen) atoms. The van der Waals surface area contributed by atoms with Crippen LogP contribution in [-0.4, -0.2) is 20.4 Å². The molecule has 5 nitrogen and oxygen atoms in total. The summed E-state index contributed by atoms with van der Waals surface area (Å²) >= 11 is 0. The van der Waals surface area contributed by atoms with Crippen molar-refractivity contribution in [2.45, 2.75) is 37.3 Å². The Morgan fingerprint density at radius 3 is 2.42 bits per heavy atom. The Morgan fingerprint density at radius 1 is 1.12 bits per heavy atom. The van der Waals surface area contributed by atoms with E-state index in [2.05, 4.69) is 4.72 Å². The third-order valence-electron chi connectivity index (χ3n) is 3.92. The number of carbonyl (C=O) groups is 1. The maximum Gasteiger partial charge on any atom is 0.338 e. The number of esters is 1. The highest BCUT2D eigenvalue weighted by Gasteiger charge is 2.28. The molecule has 126 valence electrons. The minimum atomic E-state index is -3.50. The van der Waals surface area contributed by atoms with Crippen LogP contribution in [0.5, 0.6) is 0 Å². The molecule has 2 aromatic rings. The molecule has 6 heteroatoms. The normalized spacial score (nSPS) is 14.4. The van der Waals surface area contributed by atoms with E-state index in [0.29, 0.717) is 5.56 Å². The first-order chi connectivity index (χ1) is 11.5. The first-order valence-corrected chi connectivity index (χ1v) is 9.28. The third-order valence-corrected chi connectivity index (χ3v) is 5.46. The molecule has 1 aliphatic rings. The topological polar surface area (TPSA) is 72.5 Å². The van der Waals surface area contributed by atoms with E-state index < -0.39 is 16.0 Å². The predicted molar refractivity (Wildman–Crippen MR) is 90.1 cm³/mol. The van der Waals surface area contributed by atoms with E-state index in [1.54, 1.807) is 0 Å². The molecular formula is C18H19NO4S. The van der Waals surface area contributed by atoms with Crippen LogP contribution in [0.4, 0.5) is 0 Å². The van der Waals surface area contributed by atoms with Crippen LogP contribution in [0.3, 0.4) is 0 Å². The monoisotopic (exact) mass is 345 g/mol. The van der Waals surface area contributed by atoms with E-state index >= 15 is 0 Å². The van der Waals surface area contributed by atoms with Gasteiger partial charge in [0.05, 0.1) is 10.5 Å². The highest BCUT2D eigenvalue weighted by Crippen LogP contribution is 2.22. The van der Waals surface area contributed by atoms with Gasteiger partial charge in [0.1, 0.15) is 6.61 Å². The first kappa shape index (κ1) is 16.7. The second-order valence-corrected chi connectivity index (χ2v) is 7.64. The Bertz CT molecular complexity index is 840. The van der Waals surface area contributed by atoms with Crippen LogP contribution in [0.15, 0.2) is 53.4 Å². The minimum absolute atomic E-state index is 0.0498. The zero-order valence-corrected chi connectivity index (χ0v) is 14.2. The van der Waals surface area contributed by atoms with Gasteiger partial charge in [-0.2, -0.15) is 0 Å². The fourth-order valence-corrected chi connectivity index (χ4v) is 3.56. The Hall–Kier alpha value is -2.18. The smallest absolute Gasteiger partial charge is 0.338 e. The Labute approximate surface area is 141 Å². The van der Waals surface area contributed by atoms with E-state index in [9.17, 15) is 13.2 Å². The lowest BCUT2D eigenvalue weighted by molar-refractivity contribution is 0.0472. The van der Waals surface area contributed by atoms with Crippen LogP contribution in [-0.2, 0) is 21.4 Å². The van der Waals surface area contributed by atoms with Crippen molar-refractivity contribution in [3.8, 4) is 0 Å². The lowest BCUT2D eigenvalue weighted by Gasteiger charge is -2.08. The molecule has 0 amide bonds. The van der Waals surface area contributed by atoms with Gasteiger partial charge in [-0.1, -0.05) is 24.3 Å². The molecule has 3 rings (SSSR count). The van der Waals surface area contributed by atoms with Crippen molar-refractivity contribution in [3.05, 3.63) is 65.2 Å². The summed E-state index contributed by atoms with van der Waals surface area (Å²) in [5.41, 5.74) is 2.32. The summed E-state index contributed by atoms with van der Waals surface area (Å²) in [5.74, 6) is -0.475. The third kappa shape index (κ3) is 4.01. The maximum absolute atomic E-state index is 12.1. The van der Waals surface area contributed by atoms with Gasteiger partial charge in [-0.25, -0.2) is 17.9 Å². The first-order valence-electron chi connectivity index (χ1n) is 7.80. The summed E-state index contributed by atoms with van der Waals surface area (Å²) in [6.07, 6.45) is 1.76. The summed E-state index contributed by atoms with van der Waals surface area (Å²) in [4.78, 5) is 12.2. The molecule has 1 N–H and O–H groups in total. The maximum atomic E-state index is 12.1. The average Bonchev–Trinajstić information content (AvgIpc) is 3.37. The molecule has 1 fully saturated rings. The molecule has 0 aliphatic heterocycles. The van der Waals surface area contributed by atoms with Gasteiger partial charge in [-0.05, 0) is 55.2 Å². The van der Waals surface area contributed by atoms with Crippen LogP contribution in [0, 0.1) is 6.92 Å². The van der Waals surface area contributed by atoms with Gasteiger partial charge in [0.25, 0.3) is 0 Å². The van der Waals surface area contributed by atoms with Gasteiger partial charge in [0, 0.05) is 6.04 Å². The number of benzene rings is 2. The predicted octanol–water partition coefficient (Wildman–Crippen LogP) is 2.79. The zero-order valence-electron chi connectivity index (χ0n) is 13.4. The molecule has 0 bridgehead atoms. The second kappa shape index (κ2) is 6.75. The molecule has 1 saturated carbocycles. The van der Waals surface area contributed by atoms with Crippen LogP contribution >= 0.6 is 0 Å². The van der Waals surface area contributed by atoms with Crippen molar-refractivity contribution in [1.29, 1.82) is 0 Å². The molecule has 2 aromatic carbocycles. The fourth-order valence-electron chi connectivity index (χ4n) is 2.26. The molecule has 0 saturated heterocycles. The Balaban J connectivity index is 1.64. The van der Waals surface area contributed by atoms with Crippen LogP contribution < -0.4 is 4.72 Å². The van der Waals surface area contributed by atoms with Gasteiger partial charge >= 0.3 is 5.97 Å². The summed E-state index contributed by atoms with van der Waals surface area (Å²) < 4.78 is 32.1. The summed E-state index contributed by atoms with van der Waals surface area (Å²) in [6.45, 7) is 2.14. The number of ether oxygens (including phenoxy) is 1. The van der Waals surface area contributed by atoms with Crippen molar-refractivity contribution in [2.75, 3.05) is 0 Å². The summed E-state index contributed by atoms with van der Waals surface area (Å²) in [5, 5.41) is 0. The highest BCUT2D eigenvalue weighted by atomic mass is 32.2. The van der Waals surface area contributed by atoms with Gasteiger partial charge in [0.15, 0.2) is 0 Å². The number of rotatable bonds is 6. The molecule has 0 heterocycles. The van der Waals surface area contributed by atoms with Crippen LogP contribution in [0.1, 0.15) is 34.3 Å². The summed E-state index contributed by atoms with van der Waals surface area (Å²) in [7, 11) is -3.50. The number of sulfonamides is 1. The Morgan fingerprint density at radius 2 is 1.79 bits per heavy atom. The lowest BCUT2D eigenvalue weighted by Crippen LogP contribution is -2.25. The summed E-state index contributed by atoms with van der Waals surface area (Å²) in [6, 6.07) is 13.5. The van der Waals surface area contributed by atoms with Gasteiger partial charge in [-0.3, -0.25) is 0 Å². The van der Waals surface area contributed by atoms with Crippen molar-refractivity contribution < 1.29 is 17.9 Å². The van der Waals surface area contributed by atoms with Crippen molar-refractivity contribution in [2.24, 2.45) is 0 Å². The van der Waals surface area contributed by atoms with Gasteiger partial charge in [0.2, 0.25) is 10.0 Å². The lowest BCUT2D eigenvalue weighted by atomic mass is 10.1. The molecule has 1 aliphatic carbocycles. The second-order valence-electron chi connectivity index (χ2n) is 5.92. The largest absolute Gasteiger partial charge is 0.457 e. The molecule has 0 spiro atoms. The van der Waals surface area contributed by atoms with E-state index in [1.165, 1.54) is 24.3 Å². The number of aryl methyl sites for hydroxylation is 1. The van der Waals surface area contributed by atoms with Crippen molar-refractivity contribution in [3.63, 3.8) is 0 Å². The molecule has 0 atom stereocenters. The van der Waals surface area contributed by atoms with Crippen molar-refractivity contribution >= 4 is 16.0 Å². The van der Waals surface area contributed by atoms with Crippen LogP contribution in [0.25, 0.3) is 0 Å². The standard InChI is InChI=1S/C18H19NO4S/c1-13-4-2-3-5-15(13)12-23-18(20)14-6-10-17(11-7-14)24(21,22)19-16-8-9-16/h2-7,10-11,16,19H,8-9,12H2,1H3. The number of hydrogen-bond donors (Lipinski definition) is 1. The Kier molecular flexibility index (Phi) is 4.69. The van der Waals surface area contributed by atoms with Crippen molar-refractivity contribution in [1.82, 2.24) is 4.72 Å². The van der Waals surface area contributed by atoms with Gasteiger partial charge in [-0.15, -0.1) is 0 Å². The molecule has 0 unspecified atom stereocenters. The van der Waals surface area contributed by atoms with E-state index in [4.69, 9.17) is 4.74 Å². The van der Waals surface area contributed by atoms with E-state index in [1.807, 2.05) is 31.2 Å². The number of nitrogens with one attached hydrogen (secondary N) is 1. The molecular weight excluding hydrogens is 326 g/mol. The zero-order chi connectivity index (χ0) is 17.2. The van der Waals surface area contributed by atoms with Crippen LogP contribution in [0.2, 0.25) is 0 Å². The van der Waals surface area contributed by atoms with Gasteiger partial charge < -0.3 is 4.74 Å². The van der Waals surface area contributed by atoms with E-state index in [0.717, 1.165) is 24.0 Å². The minimum Gasteiger partial charge on any atom is -0.457 e. The molecule has 0 aromatic heterocycles. The molecule has 0 radical (unpaired) electrons. The quantitative estimate of drug-likeness (QED) is 0.817. The SMILES string of the molecule is Cc1ccccc1COC(=O)c1ccc(S(=O)(=O)NC2CC2)cc1. The van der Waals surface area contributed by atoms with E-state index in [-0.39, 0.29) is 17.5 Å². The number of carbonyl (C=O) groups excluding carboxylic acids is 1. The number of hydrogen-bond acceptors (Lipinski definition) is 4. The average molecular weight is 345 g/mol. The highest BCUT2D eigenvalue weighted by molar-refractivity contribution is 7.89. The fraction of sp³-hybridized carbons (Fsp3) is 0.278.